The summed E-state index contributed by atoms with van der Waals surface area (Å²) >= 11 is 0. The zero-order valence-electron chi connectivity index (χ0n) is 42.4. The summed E-state index contributed by atoms with van der Waals surface area (Å²) in [5, 5.41) is 6.20. The van der Waals surface area contributed by atoms with Crippen LogP contribution in [0.2, 0.25) is 51.4 Å². The van der Waals surface area contributed by atoms with Gasteiger partial charge in [0.05, 0.1) is 37.3 Å². The van der Waals surface area contributed by atoms with E-state index in [4.69, 9.17) is 28.9 Å². The maximum atomic E-state index is 14.0. The van der Waals surface area contributed by atoms with Gasteiger partial charge < -0.3 is 38.3 Å². The third-order valence-electron chi connectivity index (χ3n) is 11.9. The summed E-state index contributed by atoms with van der Waals surface area (Å²) in [5.41, 5.74) is 4.62. The number of likely N-dealkylation sites (tertiary alicyclic amines) is 1. The summed E-state index contributed by atoms with van der Waals surface area (Å²) in [4.78, 5) is 52.8. The fourth-order valence-corrected chi connectivity index (χ4v) is 9.46. The van der Waals surface area contributed by atoms with Crippen LogP contribution in [0.15, 0.2) is 60.9 Å². The number of aromatic nitrogens is 4. The Bertz CT molecular complexity index is 2400. The van der Waals surface area contributed by atoms with E-state index in [1.165, 1.54) is 7.11 Å². The Morgan fingerprint density at radius 2 is 1.32 bits per heavy atom. The number of hydrogen-bond acceptors (Lipinski definition) is 10. The number of hydrogen-bond donors (Lipinski definition) is 2. The minimum Gasteiger partial charge on any atom is -0.453 e. The minimum atomic E-state index is -1.30. The lowest BCUT2D eigenvalue weighted by molar-refractivity contribution is -0.135. The van der Waals surface area contributed by atoms with Gasteiger partial charge in [-0.3, -0.25) is 15.0 Å². The van der Waals surface area contributed by atoms with E-state index in [-0.39, 0.29) is 30.0 Å². The Hall–Kier alpha value is -5.26. The van der Waals surface area contributed by atoms with E-state index < -0.39 is 33.9 Å². The van der Waals surface area contributed by atoms with Gasteiger partial charge in [0, 0.05) is 77.1 Å². The van der Waals surface area contributed by atoms with Crippen molar-refractivity contribution in [2.75, 3.05) is 40.1 Å². The van der Waals surface area contributed by atoms with Crippen molar-refractivity contribution in [3.05, 3.63) is 83.7 Å². The average molecular weight is 967 g/mol. The first-order valence-electron chi connectivity index (χ1n) is 24.0. The number of rotatable bonds is 17. The Morgan fingerprint density at radius 1 is 0.809 bits per heavy atom. The molecule has 6 rings (SSSR count). The molecule has 0 radical (unpaired) electrons. The van der Waals surface area contributed by atoms with E-state index in [0.29, 0.717) is 46.4 Å². The molecule has 2 aromatic heterocycles. The molecule has 0 bridgehead atoms. The van der Waals surface area contributed by atoms with Gasteiger partial charge in [-0.2, -0.15) is 0 Å². The molecular weight excluding hydrogens is 893 g/mol. The van der Waals surface area contributed by atoms with E-state index in [0.717, 1.165) is 70.2 Å². The van der Waals surface area contributed by atoms with E-state index in [1.54, 1.807) is 4.90 Å². The molecule has 3 atom stereocenters. The molecule has 0 saturated carbocycles. The number of alkyl carbamates (subject to hydrolysis) is 1. The van der Waals surface area contributed by atoms with Gasteiger partial charge in [0.25, 0.3) is 0 Å². The number of ether oxygens (including phenoxy) is 4. The number of imidazole rings is 2. The minimum absolute atomic E-state index is 0.134. The van der Waals surface area contributed by atoms with Gasteiger partial charge in [-0.15, -0.1) is 0 Å². The number of amides is 3. The Kier molecular flexibility index (Phi) is 17.2. The van der Waals surface area contributed by atoms with Gasteiger partial charge in [0.1, 0.15) is 36.8 Å². The lowest BCUT2D eigenvalue weighted by Gasteiger charge is -2.30. The third kappa shape index (κ3) is 14.6. The van der Waals surface area contributed by atoms with Gasteiger partial charge in [0.15, 0.2) is 0 Å². The molecule has 2 aromatic carbocycles. The first-order valence-corrected chi connectivity index (χ1v) is 31.4. The van der Waals surface area contributed by atoms with Gasteiger partial charge in [-0.05, 0) is 75.9 Å². The zero-order valence-corrected chi connectivity index (χ0v) is 44.4. The van der Waals surface area contributed by atoms with Crippen LogP contribution < -0.4 is 10.6 Å². The van der Waals surface area contributed by atoms with E-state index >= 15 is 0 Å². The molecule has 0 spiro atoms. The van der Waals surface area contributed by atoms with Gasteiger partial charge in [-0.25, -0.2) is 19.6 Å². The summed E-state index contributed by atoms with van der Waals surface area (Å²) in [5.74, 6) is 7.93. The first kappa shape index (κ1) is 52.1. The van der Waals surface area contributed by atoms with Crippen molar-refractivity contribution in [1.29, 1.82) is 0 Å². The predicted octanol–water partition coefficient (Wildman–Crippen LogP) is 9.32. The molecule has 4 heterocycles. The summed E-state index contributed by atoms with van der Waals surface area (Å²) in [7, 11) is -1.26. The highest BCUT2D eigenvalue weighted by Gasteiger charge is 2.39. The fourth-order valence-electron chi connectivity index (χ4n) is 7.95. The van der Waals surface area contributed by atoms with Crippen LogP contribution in [0.1, 0.15) is 82.3 Å². The number of nitrogens with zero attached hydrogens (tertiary/aromatic N) is 6. The lowest BCUT2D eigenvalue weighted by atomic mass is 10.0. The SMILES string of the molecule is COC(=O)NC(C(=O)N1CCCC1c1nc(-c2ccc(C#Cc3ccc(-c4cn(COCC[Si](C)(C)C)c(C5CN(C(=O)OC(C)(C)C)CN5)n4)cc3)cc2)cn1COCC[Si](C)(C)C)C(C)C. The maximum absolute atomic E-state index is 14.0. The topological polar surface area (TPSA) is 154 Å². The monoisotopic (exact) mass is 967 g/mol. The number of methoxy groups -OCH3 is 1. The molecular formula is C51H74N8O7Si2. The van der Waals surface area contributed by atoms with Crippen molar-refractivity contribution in [3.8, 4) is 34.4 Å². The molecule has 0 aliphatic carbocycles. The molecule has 2 fully saturated rings. The Labute approximate surface area is 405 Å². The van der Waals surface area contributed by atoms with Crippen molar-refractivity contribution >= 4 is 34.2 Å². The van der Waals surface area contributed by atoms with Crippen LogP contribution in [-0.2, 0) is 37.2 Å². The molecule has 68 heavy (non-hydrogen) atoms. The lowest BCUT2D eigenvalue weighted by Crippen LogP contribution is -2.51. The van der Waals surface area contributed by atoms with Crippen LogP contribution in [0, 0.1) is 17.8 Å². The predicted molar refractivity (Wildman–Crippen MR) is 271 cm³/mol. The highest BCUT2D eigenvalue weighted by Crippen LogP contribution is 2.35. The molecule has 4 aromatic rings. The quantitative estimate of drug-likeness (QED) is 0.0595. The standard InChI is InChI=1S/C51H74N8O7Si2/c1-36(2)45(55-49(61)63-6)48(60)59-25-13-14-44(59)47-54-42(31-58(47)35-65-27-29-68(10,11)12)40-23-19-38(20-24-40)16-15-37-17-21-39(22-18-37)41-30-57(34-64-26-28-67(7,8)9)46(53-41)43-32-56(33-52-43)50(62)66-51(3,4)5/h17-24,30-31,36,43-45,52H,13-14,25-29,32-35H2,1-12H3,(H,55,61). The van der Waals surface area contributed by atoms with E-state index in [2.05, 4.69) is 61.8 Å². The van der Waals surface area contributed by atoms with E-state index in [1.807, 2.05) is 110 Å². The fraction of sp³-hybridized carbons (Fsp3) is 0.549. The number of carbonyl (C=O) groups is 3. The number of carbonyl (C=O) groups excluding carboxylic acids is 3. The van der Waals surface area contributed by atoms with Crippen molar-refractivity contribution in [1.82, 2.24) is 39.5 Å². The second-order valence-corrected chi connectivity index (χ2v) is 32.9. The van der Waals surface area contributed by atoms with Crippen LogP contribution in [0.3, 0.4) is 0 Å². The van der Waals surface area contributed by atoms with Crippen LogP contribution in [0.25, 0.3) is 22.5 Å². The van der Waals surface area contributed by atoms with E-state index in [9.17, 15) is 14.4 Å². The zero-order chi connectivity index (χ0) is 49.4. The summed E-state index contributed by atoms with van der Waals surface area (Å²) in [6, 6.07) is 17.0. The molecule has 2 aliphatic rings. The molecule has 17 heteroatoms. The second-order valence-electron chi connectivity index (χ2n) is 21.7. The Morgan fingerprint density at radius 3 is 1.81 bits per heavy atom. The van der Waals surface area contributed by atoms with Gasteiger partial charge >= 0.3 is 12.2 Å². The number of benzene rings is 2. The smallest absolute Gasteiger partial charge is 0.411 e. The largest absolute Gasteiger partial charge is 0.453 e. The van der Waals surface area contributed by atoms with Crippen molar-refractivity contribution in [2.45, 2.75) is 136 Å². The van der Waals surface area contributed by atoms with Gasteiger partial charge in [-0.1, -0.05) is 89.2 Å². The molecule has 15 nitrogen and oxygen atoms in total. The normalized spacial score (nSPS) is 17.0. The average Bonchev–Trinajstić information content (AvgIpc) is 4.10. The van der Waals surface area contributed by atoms with Crippen LogP contribution in [-0.4, -0.2) is 115 Å². The van der Waals surface area contributed by atoms with Crippen molar-refractivity contribution < 1.29 is 33.3 Å². The Balaban J connectivity index is 1.17. The first-order chi connectivity index (χ1) is 32.1. The highest BCUT2D eigenvalue weighted by molar-refractivity contribution is 6.76. The van der Waals surface area contributed by atoms with Crippen molar-refractivity contribution in [3.63, 3.8) is 0 Å². The molecule has 2 saturated heterocycles. The van der Waals surface area contributed by atoms with Crippen LogP contribution >= 0.6 is 0 Å². The van der Waals surface area contributed by atoms with Crippen molar-refractivity contribution in [2.24, 2.45) is 5.92 Å². The van der Waals surface area contributed by atoms with Crippen LogP contribution in [0.4, 0.5) is 9.59 Å². The summed E-state index contributed by atoms with van der Waals surface area (Å²) in [6.07, 6.45) is 4.63. The molecule has 3 unspecified atom stereocenters. The second kappa shape index (κ2) is 22.4. The number of nitrogens with one attached hydrogen (secondary N) is 2. The van der Waals surface area contributed by atoms with Crippen LogP contribution in [0.5, 0.6) is 0 Å². The molecule has 3 amide bonds. The molecule has 2 aliphatic heterocycles. The molecule has 2 N–H and O–H groups in total. The van der Waals surface area contributed by atoms with Gasteiger partial charge in [0.2, 0.25) is 5.91 Å². The maximum Gasteiger partial charge on any atom is 0.411 e. The summed E-state index contributed by atoms with van der Waals surface area (Å²) in [6.45, 7) is 26.9. The summed E-state index contributed by atoms with van der Waals surface area (Å²) < 4.78 is 27.0. The third-order valence-corrected chi connectivity index (χ3v) is 15.3. The molecule has 368 valence electrons. The highest BCUT2D eigenvalue weighted by atomic mass is 28.3.